The van der Waals surface area contributed by atoms with Gasteiger partial charge in [-0.15, -0.1) is 0 Å². The van der Waals surface area contributed by atoms with Gasteiger partial charge in [-0.1, -0.05) is 13.0 Å². The summed E-state index contributed by atoms with van der Waals surface area (Å²) >= 11 is 0. The number of hydrogen-bond acceptors (Lipinski definition) is 5. The average molecular weight is 301 g/mol. The quantitative estimate of drug-likeness (QED) is 0.590. The molecule has 0 saturated carbocycles. The monoisotopic (exact) mass is 301 g/mol. The number of phenolic OH excluding ortho intramolecular Hbond substituents is 1. The predicted molar refractivity (Wildman–Crippen MR) is 76.1 cm³/mol. The van der Waals surface area contributed by atoms with Crippen LogP contribution in [0.25, 0.3) is 0 Å². The molecule has 0 bridgehead atoms. The first-order valence-electron chi connectivity index (χ1n) is 6.27. The summed E-state index contributed by atoms with van der Waals surface area (Å²) in [6, 6.07) is 4.77. The minimum Gasteiger partial charge on any atom is -0.506 e. The molecule has 0 saturated heterocycles. The van der Waals surface area contributed by atoms with Gasteiger partial charge in [0, 0.05) is 6.42 Å². The third kappa shape index (κ3) is 5.08. The average Bonchev–Trinajstić information content (AvgIpc) is 2.40. The van der Waals surface area contributed by atoms with Gasteiger partial charge in [0.2, 0.25) is 10.0 Å². The maximum Gasteiger partial charge on any atom is 0.305 e. The summed E-state index contributed by atoms with van der Waals surface area (Å²) in [5.41, 5.74) is 1.07. The number of esters is 1. The molecule has 0 unspecified atom stereocenters. The van der Waals surface area contributed by atoms with Gasteiger partial charge in [0.1, 0.15) is 5.75 Å². The van der Waals surface area contributed by atoms with Crippen molar-refractivity contribution in [2.24, 2.45) is 0 Å². The summed E-state index contributed by atoms with van der Waals surface area (Å²) in [6.07, 6.45) is 0.936. The van der Waals surface area contributed by atoms with Gasteiger partial charge >= 0.3 is 5.97 Å². The van der Waals surface area contributed by atoms with Gasteiger partial charge in [-0.25, -0.2) is 8.42 Å². The van der Waals surface area contributed by atoms with E-state index < -0.39 is 16.0 Å². The van der Waals surface area contributed by atoms with Crippen LogP contribution in [-0.2, 0) is 26.0 Å². The fraction of sp³-hybridized carbons (Fsp3) is 0.462. The molecule has 0 aliphatic heterocycles. The topological polar surface area (TPSA) is 92.7 Å². The van der Waals surface area contributed by atoms with E-state index in [1.807, 2.05) is 6.92 Å². The number of carbonyl (C=O) groups excluding carboxylic acids is 1. The van der Waals surface area contributed by atoms with Crippen molar-refractivity contribution in [3.8, 4) is 5.75 Å². The maximum atomic E-state index is 11.8. The van der Waals surface area contributed by atoms with Gasteiger partial charge in [0.05, 0.1) is 18.6 Å². The second-order valence-corrected chi connectivity index (χ2v) is 6.15. The molecule has 1 aromatic rings. The molecule has 0 heterocycles. The molecule has 7 heteroatoms. The molecule has 0 aliphatic carbocycles. The van der Waals surface area contributed by atoms with Gasteiger partial charge in [-0.3, -0.25) is 9.52 Å². The number of ether oxygens (including phenoxy) is 1. The van der Waals surface area contributed by atoms with Crippen molar-refractivity contribution in [2.75, 3.05) is 17.6 Å². The zero-order chi connectivity index (χ0) is 15.2. The normalized spacial score (nSPS) is 11.1. The molecule has 112 valence electrons. The van der Waals surface area contributed by atoms with Crippen LogP contribution in [0.15, 0.2) is 18.2 Å². The van der Waals surface area contributed by atoms with Gasteiger partial charge in [-0.05, 0) is 30.5 Å². The Bertz CT molecular complexity index is 568. The summed E-state index contributed by atoms with van der Waals surface area (Å²) in [4.78, 5) is 10.9. The summed E-state index contributed by atoms with van der Waals surface area (Å²) in [6.45, 7) is 1.93. The highest BCUT2D eigenvalue weighted by Gasteiger charge is 2.14. The van der Waals surface area contributed by atoms with Crippen LogP contribution < -0.4 is 4.72 Å². The summed E-state index contributed by atoms with van der Waals surface area (Å²) in [5, 5.41) is 9.64. The second kappa shape index (κ2) is 7.14. The first-order valence-corrected chi connectivity index (χ1v) is 7.92. The van der Waals surface area contributed by atoms with Crippen molar-refractivity contribution in [1.82, 2.24) is 0 Å². The number of benzene rings is 1. The Morgan fingerprint density at radius 1 is 1.40 bits per heavy atom. The molecule has 20 heavy (non-hydrogen) atoms. The van der Waals surface area contributed by atoms with E-state index in [1.54, 1.807) is 12.1 Å². The molecule has 0 fully saturated rings. The number of rotatable bonds is 7. The zero-order valence-corrected chi connectivity index (χ0v) is 12.4. The third-order valence-electron chi connectivity index (χ3n) is 2.76. The van der Waals surface area contributed by atoms with Crippen molar-refractivity contribution >= 4 is 21.7 Å². The third-order valence-corrected chi connectivity index (χ3v) is 4.11. The van der Waals surface area contributed by atoms with Crippen LogP contribution in [0.3, 0.4) is 0 Å². The summed E-state index contributed by atoms with van der Waals surface area (Å²) in [5.74, 6) is -0.785. The Balaban J connectivity index is 2.68. The SMILES string of the molecule is CCc1ccc(O)c(NS(=O)(=O)CCCC(=O)OC)c1. The standard InChI is InChI=1S/C13H19NO5S/c1-3-10-6-7-12(15)11(9-10)14-20(17,18)8-4-5-13(16)19-2/h6-7,9,14-15H,3-5,8H2,1-2H3. The van der Waals surface area contributed by atoms with Crippen LogP contribution in [0, 0.1) is 0 Å². The molecular formula is C13H19NO5S. The van der Waals surface area contributed by atoms with E-state index in [0.717, 1.165) is 12.0 Å². The highest BCUT2D eigenvalue weighted by molar-refractivity contribution is 7.92. The van der Waals surface area contributed by atoms with Crippen molar-refractivity contribution in [2.45, 2.75) is 26.2 Å². The number of aromatic hydroxyl groups is 1. The number of aryl methyl sites for hydroxylation is 1. The van der Waals surface area contributed by atoms with Gasteiger partial charge in [0.15, 0.2) is 0 Å². The second-order valence-electron chi connectivity index (χ2n) is 4.31. The maximum absolute atomic E-state index is 11.8. The van der Waals surface area contributed by atoms with Crippen molar-refractivity contribution in [3.05, 3.63) is 23.8 Å². The smallest absolute Gasteiger partial charge is 0.305 e. The minimum absolute atomic E-state index is 0.0401. The first kappa shape index (κ1) is 16.3. The number of anilines is 1. The van der Waals surface area contributed by atoms with Crippen LogP contribution in [0.5, 0.6) is 5.75 Å². The Morgan fingerprint density at radius 2 is 2.10 bits per heavy atom. The molecule has 0 spiro atoms. The Hall–Kier alpha value is -1.76. The van der Waals surface area contributed by atoms with Crippen molar-refractivity contribution < 1.29 is 23.1 Å². The van der Waals surface area contributed by atoms with Crippen LogP contribution in [0.4, 0.5) is 5.69 Å². The van der Waals surface area contributed by atoms with Crippen molar-refractivity contribution in [1.29, 1.82) is 0 Å². The molecule has 6 nitrogen and oxygen atoms in total. The Kier molecular flexibility index (Phi) is 5.82. The van der Waals surface area contributed by atoms with Crippen LogP contribution in [-0.4, -0.2) is 32.4 Å². The lowest BCUT2D eigenvalue weighted by atomic mass is 10.1. The fourth-order valence-corrected chi connectivity index (χ4v) is 2.74. The van der Waals surface area contributed by atoms with Crippen LogP contribution in [0.2, 0.25) is 0 Å². The highest BCUT2D eigenvalue weighted by atomic mass is 32.2. The molecule has 1 aromatic carbocycles. The van der Waals surface area contributed by atoms with Gasteiger partial charge in [0.25, 0.3) is 0 Å². The number of hydrogen-bond donors (Lipinski definition) is 2. The minimum atomic E-state index is -3.60. The lowest BCUT2D eigenvalue weighted by Crippen LogP contribution is -2.18. The van der Waals surface area contributed by atoms with E-state index in [-0.39, 0.29) is 30.0 Å². The Morgan fingerprint density at radius 3 is 2.70 bits per heavy atom. The number of carbonyl (C=O) groups is 1. The van der Waals surface area contributed by atoms with E-state index in [4.69, 9.17) is 0 Å². The number of sulfonamides is 1. The molecule has 0 amide bonds. The van der Waals surface area contributed by atoms with Crippen LogP contribution >= 0.6 is 0 Å². The largest absolute Gasteiger partial charge is 0.506 e. The fourth-order valence-electron chi connectivity index (χ4n) is 1.61. The molecule has 2 N–H and O–H groups in total. The van der Waals surface area contributed by atoms with E-state index in [1.165, 1.54) is 13.2 Å². The lowest BCUT2D eigenvalue weighted by Gasteiger charge is -2.10. The molecule has 1 rings (SSSR count). The van der Waals surface area contributed by atoms with E-state index in [2.05, 4.69) is 9.46 Å². The van der Waals surface area contributed by atoms with Crippen LogP contribution in [0.1, 0.15) is 25.3 Å². The molecule has 0 atom stereocenters. The molecule has 0 aliphatic rings. The highest BCUT2D eigenvalue weighted by Crippen LogP contribution is 2.25. The zero-order valence-electron chi connectivity index (χ0n) is 11.5. The predicted octanol–water partition coefficient (Wildman–Crippen LogP) is 1.65. The Labute approximate surface area is 118 Å². The molecule has 0 radical (unpaired) electrons. The van der Waals surface area contributed by atoms with Gasteiger partial charge in [-0.2, -0.15) is 0 Å². The number of methoxy groups -OCH3 is 1. The van der Waals surface area contributed by atoms with E-state index in [9.17, 15) is 18.3 Å². The van der Waals surface area contributed by atoms with E-state index in [0.29, 0.717) is 0 Å². The van der Waals surface area contributed by atoms with E-state index >= 15 is 0 Å². The molecule has 0 aromatic heterocycles. The summed E-state index contributed by atoms with van der Waals surface area (Å²) < 4.78 is 30.5. The van der Waals surface area contributed by atoms with Crippen molar-refractivity contribution in [3.63, 3.8) is 0 Å². The van der Waals surface area contributed by atoms with Gasteiger partial charge < -0.3 is 9.84 Å². The lowest BCUT2D eigenvalue weighted by molar-refractivity contribution is -0.140. The first-order chi connectivity index (χ1) is 9.38. The molecular weight excluding hydrogens is 282 g/mol. The summed E-state index contributed by atoms with van der Waals surface area (Å²) in [7, 11) is -2.35. The number of phenols is 1. The number of nitrogens with one attached hydrogen (secondary N) is 1.